The third-order valence-electron chi connectivity index (χ3n) is 5.06. The van der Waals surface area contributed by atoms with Crippen LogP contribution in [0.5, 0.6) is 0 Å². The number of nitrogens with one attached hydrogen (secondary N) is 2. The number of carbonyl (C=O) groups is 3. The van der Waals surface area contributed by atoms with Gasteiger partial charge in [-0.05, 0) is 49.9 Å². The zero-order chi connectivity index (χ0) is 24.0. The van der Waals surface area contributed by atoms with Gasteiger partial charge in [-0.3, -0.25) is 0 Å². The normalized spacial score (nSPS) is 13.3. The highest BCUT2D eigenvalue weighted by molar-refractivity contribution is 5.82. The van der Waals surface area contributed by atoms with Crippen LogP contribution in [-0.4, -0.2) is 49.6 Å². The summed E-state index contributed by atoms with van der Waals surface area (Å²) >= 11 is 0. The lowest BCUT2D eigenvalue weighted by molar-refractivity contribution is -0.145. The van der Waals surface area contributed by atoms with Gasteiger partial charge in [0.05, 0.1) is 13.2 Å². The second-order valence-electron chi connectivity index (χ2n) is 8.66. The van der Waals surface area contributed by atoms with E-state index in [4.69, 9.17) is 14.2 Å². The van der Waals surface area contributed by atoms with Crippen molar-refractivity contribution in [3.63, 3.8) is 0 Å². The van der Waals surface area contributed by atoms with Crippen molar-refractivity contribution in [1.82, 2.24) is 10.6 Å². The van der Waals surface area contributed by atoms with Gasteiger partial charge < -0.3 is 24.8 Å². The molecule has 2 aromatic carbocycles. The third kappa shape index (κ3) is 6.25. The molecule has 8 heteroatoms. The number of fused-ring (bicyclic) bond motifs is 3. The SMILES string of the molecule is CCOC(=O)[C@H](CNC(=O)OCC1c2ccccc2-c2ccccc21)NC(=O)OC(C)(C)C. The molecule has 1 atom stereocenters. The molecule has 0 heterocycles. The van der Waals surface area contributed by atoms with Crippen LogP contribution in [0.4, 0.5) is 9.59 Å². The van der Waals surface area contributed by atoms with Crippen LogP contribution in [0.2, 0.25) is 0 Å². The lowest BCUT2D eigenvalue weighted by Gasteiger charge is -2.23. The molecule has 0 fully saturated rings. The molecule has 176 valence electrons. The summed E-state index contributed by atoms with van der Waals surface area (Å²) in [5, 5.41) is 4.96. The van der Waals surface area contributed by atoms with Crippen molar-refractivity contribution in [3.05, 3.63) is 59.7 Å². The summed E-state index contributed by atoms with van der Waals surface area (Å²) in [5.74, 6) is -0.758. The molecular formula is C25H30N2O6. The number of alkyl carbamates (subject to hydrolysis) is 2. The van der Waals surface area contributed by atoms with E-state index in [1.807, 2.05) is 36.4 Å². The average Bonchev–Trinajstić information content (AvgIpc) is 3.08. The van der Waals surface area contributed by atoms with E-state index in [0.29, 0.717) is 0 Å². The summed E-state index contributed by atoms with van der Waals surface area (Å²) in [6.07, 6.45) is -1.48. The molecule has 0 aliphatic heterocycles. The van der Waals surface area contributed by atoms with E-state index in [0.717, 1.165) is 22.3 Å². The number of rotatable bonds is 7. The van der Waals surface area contributed by atoms with Gasteiger partial charge in [-0.1, -0.05) is 48.5 Å². The molecule has 8 nitrogen and oxygen atoms in total. The Labute approximate surface area is 193 Å². The second kappa shape index (κ2) is 10.4. The Morgan fingerprint density at radius 3 is 2.03 bits per heavy atom. The van der Waals surface area contributed by atoms with Gasteiger partial charge in [0.25, 0.3) is 0 Å². The van der Waals surface area contributed by atoms with E-state index in [1.54, 1.807) is 27.7 Å². The summed E-state index contributed by atoms with van der Waals surface area (Å²) < 4.78 is 15.6. The second-order valence-corrected chi connectivity index (χ2v) is 8.66. The standard InChI is InChI=1S/C25H30N2O6/c1-5-31-22(28)21(27-24(30)33-25(2,3)4)14-26-23(29)32-15-20-18-12-8-6-10-16(18)17-11-7-9-13-19(17)20/h6-13,20-21H,5,14-15H2,1-4H3,(H,26,29)(H,27,30)/t21-/m0/s1. The van der Waals surface area contributed by atoms with Gasteiger partial charge in [0.2, 0.25) is 0 Å². The Morgan fingerprint density at radius 1 is 0.909 bits per heavy atom. The Morgan fingerprint density at radius 2 is 1.48 bits per heavy atom. The number of esters is 1. The molecule has 0 radical (unpaired) electrons. The van der Waals surface area contributed by atoms with Crippen molar-refractivity contribution in [2.75, 3.05) is 19.8 Å². The van der Waals surface area contributed by atoms with Crippen LogP contribution < -0.4 is 10.6 Å². The zero-order valence-electron chi connectivity index (χ0n) is 19.3. The van der Waals surface area contributed by atoms with Crippen molar-refractivity contribution in [2.24, 2.45) is 0 Å². The van der Waals surface area contributed by atoms with Gasteiger partial charge in [-0.15, -0.1) is 0 Å². The summed E-state index contributed by atoms with van der Waals surface area (Å²) in [7, 11) is 0. The zero-order valence-corrected chi connectivity index (χ0v) is 19.3. The van der Waals surface area contributed by atoms with Gasteiger partial charge in [-0.2, -0.15) is 0 Å². The van der Waals surface area contributed by atoms with Crippen LogP contribution in [0.1, 0.15) is 44.7 Å². The molecule has 0 spiro atoms. The van der Waals surface area contributed by atoms with Crippen molar-refractivity contribution in [1.29, 1.82) is 0 Å². The van der Waals surface area contributed by atoms with Gasteiger partial charge in [0.1, 0.15) is 18.2 Å². The topological polar surface area (TPSA) is 103 Å². The van der Waals surface area contributed by atoms with E-state index < -0.39 is 29.8 Å². The monoisotopic (exact) mass is 454 g/mol. The first-order valence-electron chi connectivity index (χ1n) is 10.9. The van der Waals surface area contributed by atoms with Crippen molar-refractivity contribution in [2.45, 2.75) is 45.3 Å². The minimum atomic E-state index is -1.11. The summed E-state index contributed by atoms with van der Waals surface area (Å²) in [6.45, 7) is 6.86. The Bertz CT molecular complexity index is 968. The van der Waals surface area contributed by atoms with E-state index >= 15 is 0 Å². The highest BCUT2D eigenvalue weighted by Gasteiger charge is 2.30. The lowest BCUT2D eigenvalue weighted by Crippen LogP contribution is -2.50. The number of amides is 2. The first-order chi connectivity index (χ1) is 15.7. The van der Waals surface area contributed by atoms with Crippen molar-refractivity contribution < 1.29 is 28.6 Å². The van der Waals surface area contributed by atoms with Crippen LogP contribution in [0, 0.1) is 0 Å². The largest absolute Gasteiger partial charge is 0.464 e. The Balaban J connectivity index is 1.59. The molecule has 1 aliphatic rings. The molecule has 2 amide bonds. The van der Waals surface area contributed by atoms with Gasteiger partial charge in [-0.25, -0.2) is 14.4 Å². The van der Waals surface area contributed by atoms with E-state index in [-0.39, 0.29) is 25.7 Å². The highest BCUT2D eigenvalue weighted by Crippen LogP contribution is 2.44. The predicted molar refractivity (Wildman–Crippen MR) is 123 cm³/mol. The fourth-order valence-corrected chi connectivity index (χ4v) is 3.72. The number of carbonyl (C=O) groups excluding carboxylic acids is 3. The molecule has 1 aliphatic carbocycles. The predicted octanol–water partition coefficient (Wildman–Crippen LogP) is 3.98. The summed E-state index contributed by atoms with van der Waals surface area (Å²) in [6, 6.07) is 15.0. The maximum Gasteiger partial charge on any atom is 0.408 e. The molecule has 2 N–H and O–H groups in total. The minimum Gasteiger partial charge on any atom is -0.464 e. The van der Waals surface area contributed by atoms with Crippen LogP contribution in [0.15, 0.2) is 48.5 Å². The van der Waals surface area contributed by atoms with E-state index in [9.17, 15) is 14.4 Å². The van der Waals surface area contributed by atoms with Crippen LogP contribution in [0.3, 0.4) is 0 Å². The minimum absolute atomic E-state index is 0.0797. The quantitative estimate of drug-likeness (QED) is 0.485. The molecular weight excluding hydrogens is 424 g/mol. The molecule has 0 bridgehead atoms. The van der Waals surface area contributed by atoms with Gasteiger partial charge in [0.15, 0.2) is 0 Å². The van der Waals surface area contributed by atoms with Gasteiger partial charge >= 0.3 is 18.2 Å². The smallest absolute Gasteiger partial charge is 0.408 e. The van der Waals surface area contributed by atoms with Crippen molar-refractivity contribution in [3.8, 4) is 11.1 Å². The van der Waals surface area contributed by atoms with Crippen molar-refractivity contribution >= 4 is 18.2 Å². The first kappa shape index (κ1) is 24.1. The molecule has 0 saturated carbocycles. The molecule has 0 saturated heterocycles. The molecule has 3 rings (SSSR count). The number of hydrogen-bond donors (Lipinski definition) is 2. The fraction of sp³-hybridized carbons (Fsp3) is 0.400. The number of ether oxygens (including phenoxy) is 3. The third-order valence-corrected chi connectivity index (χ3v) is 5.06. The molecule has 0 aromatic heterocycles. The first-order valence-corrected chi connectivity index (χ1v) is 10.9. The Hall–Kier alpha value is -3.55. The fourth-order valence-electron chi connectivity index (χ4n) is 3.72. The average molecular weight is 455 g/mol. The van der Waals surface area contributed by atoms with Crippen LogP contribution in [0.25, 0.3) is 11.1 Å². The molecule has 2 aromatic rings. The highest BCUT2D eigenvalue weighted by atomic mass is 16.6. The summed E-state index contributed by atoms with van der Waals surface area (Å²) in [4.78, 5) is 36.7. The lowest BCUT2D eigenvalue weighted by atomic mass is 9.98. The maximum atomic E-state index is 12.4. The van der Waals surface area contributed by atoms with E-state index in [2.05, 4.69) is 22.8 Å². The molecule has 0 unspecified atom stereocenters. The molecule has 33 heavy (non-hydrogen) atoms. The summed E-state index contributed by atoms with van der Waals surface area (Å²) in [5.41, 5.74) is 3.73. The van der Waals surface area contributed by atoms with Crippen LogP contribution in [-0.2, 0) is 19.0 Å². The van der Waals surface area contributed by atoms with Crippen LogP contribution >= 0.6 is 0 Å². The Kier molecular flexibility index (Phi) is 7.58. The number of hydrogen-bond acceptors (Lipinski definition) is 6. The van der Waals surface area contributed by atoms with Gasteiger partial charge in [0, 0.05) is 5.92 Å². The number of benzene rings is 2. The van der Waals surface area contributed by atoms with E-state index in [1.165, 1.54) is 0 Å². The maximum absolute atomic E-state index is 12.4.